The number of aromatic nitrogens is 3. The molecule has 5 nitrogen and oxygen atoms in total. The maximum atomic E-state index is 11.9. The molecule has 0 fully saturated rings. The monoisotopic (exact) mass is 268 g/mol. The predicted octanol–water partition coefficient (Wildman–Crippen LogP) is 1.92. The lowest BCUT2D eigenvalue weighted by molar-refractivity contribution is 0.788. The van der Waals surface area contributed by atoms with Crippen molar-refractivity contribution < 1.29 is 0 Å². The molecule has 0 saturated heterocycles. The topological polar surface area (TPSA) is 62.7 Å². The maximum absolute atomic E-state index is 11.9. The van der Waals surface area contributed by atoms with Crippen LogP contribution in [0.4, 0.5) is 5.82 Å². The third kappa shape index (κ3) is 2.42. The second-order valence-electron chi connectivity index (χ2n) is 4.73. The molecule has 0 aliphatic heterocycles. The van der Waals surface area contributed by atoms with Gasteiger partial charge >= 0.3 is 0 Å². The lowest BCUT2D eigenvalue weighted by Gasteiger charge is -2.07. The summed E-state index contributed by atoms with van der Waals surface area (Å²) < 4.78 is 1.99. The van der Waals surface area contributed by atoms with Gasteiger partial charge < -0.3 is 14.9 Å². The van der Waals surface area contributed by atoms with Gasteiger partial charge in [-0.05, 0) is 17.5 Å². The van der Waals surface area contributed by atoms with E-state index in [0.717, 1.165) is 30.0 Å². The van der Waals surface area contributed by atoms with Crippen molar-refractivity contribution in [3.8, 4) is 0 Å². The van der Waals surface area contributed by atoms with E-state index in [1.165, 1.54) is 0 Å². The Bertz CT molecular complexity index is 788. The SMILES string of the molecule is Cn1ccnc1CCNc1cc2ccccc2c(=O)[nH]1. The molecule has 102 valence electrons. The molecule has 0 aliphatic rings. The van der Waals surface area contributed by atoms with Crippen molar-refractivity contribution in [2.24, 2.45) is 7.05 Å². The van der Waals surface area contributed by atoms with Gasteiger partial charge in [0.2, 0.25) is 0 Å². The Morgan fingerprint density at radius 3 is 3.00 bits per heavy atom. The van der Waals surface area contributed by atoms with Crippen molar-refractivity contribution in [3.63, 3.8) is 0 Å². The summed E-state index contributed by atoms with van der Waals surface area (Å²) in [6.07, 6.45) is 4.51. The highest BCUT2D eigenvalue weighted by molar-refractivity contribution is 5.83. The number of anilines is 1. The summed E-state index contributed by atoms with van der Waals surface area (Å²) in [4.78, 5) is 19.1. The number of fused-ring (bicyclic) bond motifs is 1. The molecule has 0 saturated carbocycles. The number of imidazole rings is 1. The molecule has 2 heterocycles. The molecule has 0 atom stereocenters. The molecular weight excluding hydrogens is 252 g/mol. The van der Waals surface area contributed by atoms with Crippen LogP contribution < -0.4 is 10.9 Å². The number of benzene rings is 1. The molecule has 3 aromatic rings. The molecule has 0 aliphatic carbocycles. The van der Waals surface area contributed by atoms with Crippen molar-refractivity contribution in [1.82, 2.24) is 14.5 Å². The van der Waals surface area contributed by atoms with Gasteiger partial charge in [0, 0.05) is 37.8 Å². The summed E-state index contributed by atoms with van der Waals surface area (Å²) in [7, 11) is 1.97. The molecule has 0 bridgehead atoms. The number of H-pyrrole nitrogens is 1. The Hall–Kier alpha value is -2.56. The van der Waals surface area contributed by atoms with Crippen LogP contribution in [0.3, 0.4) is 0 Å². The maximum Gasteiger partial charge on any atom is 0.257 e. The molecule has 0 spiro atoms. The predicted molar refractivity (Wildman–Crippen MR) is 80.0 cm³/mol. The molecular formula is C15H16N4O. The fraction of sp³-hybridized carbons (Fsp3) is 0.200. The van der Waals surface area contributed by atoms with Crippen molar-refractivity contribution in [2.75, 3.05) is 11.9 Å². The standard InChI is InChI=1S/C15H16N4O/c1-19-9-8-17-14(19)6-7-16-13-10-11-4-2-3-5-12(11)15(20)18-13/h2-5,8-10H,6-7H2,1H3,(H2,16,18,20). The lowest BCUT2D eigenvalue weighted by atomic mass is 10.2. The molecule has 20 heavy (non-hydrogen) atoms. The second-order valence-corrected chi connectivity index (χ2v) is 4.73. The molecule has 1 aromatic carbocycles. The van der Waals surface area contributed by atoms with Gasteiger partial charge in [-0.3, -0.25) is 4.79 Å². The highest BCUT2D eigenvalue weighted by Gasteiger charge is 2.02. The smallest absolute Gasteiger partial charge is 0.257 e. The fourth-order valence-corrected chi connectivity index (χ4v) is 2.25. The minimum Gasteiger partial charge on any atom is -0.371 e. The fourth-order valence-electron chi connectivity index (χ4n) is 2.25. The number of rotatable bonds is 4. The molecule has 0 amide bonds. The zero-order valence-corrected chi connectivity index (χ0v) is 11.3. The lowest BCUT2D eigenvalue weighted by Crippen LogP contribution is -2.14. The van der Waals surface area contributed by atoms with Gasteiger partial charge in [-0.25, -0.2) is 4.98 Å². The van der Waals surface area contributed by atoms with E-state index in [9.17, 15) is 4.79 Å². The van der Waals surface area contributed by atoms with Gasteiger partial charge in [-0.2, -0.15) is 0 Å². The average Bonchev–Trinajstić information content (AvgIpc) is 2.85. The number of aryl methyl sites for hydroxylation is 1. The molecule has 5 heteroatoms. The highest BCUT2D eigenvalue weighted by atomic mass is 16.1. The van der Waals surface area contributed by atoms with E-state index >= 15 is 0 Å². The largest absolute Gasteiger partial charge is 0.371 e. The Labute approximate surface area is 116 Å². The number of hydrogen-bond donors (Lipinski definition) is 2. The van der Waals surface area contributed by atoms with Crippen LogP contribution in [-0.2, 0) is 13.5 Å². The van der Waals surface area contributed by atoms with E-state index in [0.29, 0.717) is 5.39 Å². The molecule has 2 N–H and O–H groups in total. The van der Waals surface area contributed by atoms with Crippen LogP contribution in [0.2, 0.25) is 0 Å². The van der Waals surface area contributed by atoms with Gasteiger partial charge in [-0.15, -0.1) is 0 Å². The van der Waals surface area contributed by atoms with E-state index in [-0.39, 0.29) is 5.56 Å². The van der Waals surface area contributed by atoms with E-state index < -0.39 is 0 Å². The number of hydrogen-bond acceptors (Lipinski definition) is 3. The summed E-state index contributed by atoms with van der Waals surface area (Å²) in [5.74, 6) is 1.75. The molecule has 3 rings (SSSR count). The van der Waals surface area contributed by atoms with Crippen molar-refractivity contribution in [2.45, 2.75) is 6.42 Å². The van der Waals surface area contributed by atoms with E-state index in [2.05, 4.69) is 15.3 Å². The summed E-state index contributed by atoms with van der Waals surface area (Å²) >= 11 is 0. The Morgan fingerprint density at radius 1 is 1.35 bits per heavy atom. The average molecular weight is 268 g/mol. The van der Waals surface area contributed by atoms with Crippen LogP contribution in [-0.4, -0.2) is 21.1 Å². The van der Waals surface area contributed by atoms with E-state index in [1.807, 2.05) is 48.1 Å². The van der Waals surface area contributed by atoms with Gasteiger partial charge in [0.25, 0.3) is 5.56 Å². The number of aromatic amines is 1. The van der Waals surface area contributed by atoms with Gasteiger partial charge in [0.1, 0.15) is 11.6 Å². The zero-order valence-electron chi connectivity index (χ0n) is 11.3. The van der Waals surface area contributed by atoms with Gasteiger partial charge in [0.05, 0.1) is 0 Å². The van der Waals surface area contributed by atoms with Crippen LogP contribution in [0.15, 0.2) is 47.5 Å². The number of nitrogens with one attached hydrogen (secondary N) is 2. The Balaban J connectivity index is 1.75. The normalized spacial score (nSPS) is 10.8. The van der Waals surface area contributed by atoms with Crippen molar-refractivity contribution >= 4 is 16.6 Å². The Kier molecular flexibility index (Phi) is 3.25. The minimum absolute atomic E-state index is 0.0670. The van der Waals surface area contributed by atoms with Crippen LogP contribution in [0, 0.1) is 0 Å². The van der Waals surface area contributed by atoms with Crippen LogP contribution in [0.5, 0.6) is 0 Å². The summed E-state index contributed by atoms with van der Waals surface area (Å²) in [5.41, 5.74) is -0.0670. The molecule has 0 unspecified atom stereocenters. The third-order valence-corrected chi connectivity index (χ3v) is 3.34. The number of nitrogens with zero attached hydrogens (tertiary/aromatic N) is 2. The van der Waals surface area contributed by atoms with Crippen molar-refractivity contribution in [1.29, 1.82) is 0 Å². The summed E-state index contributed by atoms with van der Waals surface area (Å²) in [6.45, 7) is 0.721. The van der Waals surface area contributed by atoms with Gasteiger partial charge in [-0.1, -0.05) is 18.2 Å². The van der Waals surface area contributed by atoms with Crippen molar-refractivity contribution in [3.05, 3.63) is 58.9 Å². The Morgan fingerprint density at radius 2 is 2.20 bits per heavy atom. The first-order valence-electron chi connectivity index (χ1n) is 6.56. The first-order chi connectivity index (χ1) is 9.74. The molecule has 2 aromatic heterocycles. The number of pyridine rings is 1. The summed E-state index contributed by atoms with van der Waals surface area (Å²) in [5, 5.41) is 4.89. The minimum atomic E-state index is -0.0670. The quantitative estimate of drug-likeness (QED) is 0.760. The molecule has 0 radical (unpaired) electrons. The first-order valence-corrected chi connectivity index (χ1v) is 6.56. The zero-order chi connectivity index (χ0) is 13.9. The van der Waals surface area contributed by atoms with Crippen LogP contribution in [0.25, 0.3) is 10.8 Å². The van der Waals surface area contributed by atoms with Gasteiger partial charge in [0.15, 0.2) is 0 Å². The van der Waals surface area contributed by atoms with E-state index in [4.69, 9.17) is 0 Å². The first kappa shape index (κ1) is 12.5. The highest BCUT2D eigenvalue weighted by Crippen LogP contribution is 2.12. The van der Waals surface area contributed by atoms with E-state index in [1.54, 1.807) is 6.20 Å². The second kappa shape index (κ2) is 5.21. The van der Waals surface area contributed by atoms with Crippen LogP contribution >= 0.6 is 0 Å². The van der Waals surface area contributed by atoms with Crippen LogP contribution in [0.1, 0.15) is 5.82 Å². The third-order valence-electron chi connectivity index (χ3n) is 3.34. The summed E-state index contributed by atoms with van der Waals surface area (Å²) in [6, 6.07) is 9.51.